The number of para-hydroxylation sites is 2. The maximum absolute atomic E-state index is 12.8. The molecule has 0 aliphatic carbocycles. The molecule has 164 valence electrons. The van der Waals surface area contributed by atoms with Crippen molar-refractivity contribution in [2.24, 2.45) is 0 Å². The van der Waals surface area contributed by atoms with Gasteiger partial charge in [-0.3, -0.25) is 4.79 Å². The molecule has 0 heterocycles. The maximum atomic E-state index is 12.8. The number of anilines is 1. The van der Waals surface area contributed by atoms with Crippen LogP contribution in [0.1, 0.15) is 20.8 Å². The van der Waals surface area contributed by atoms with Crippen LogP contribution in [0.3, 0.4) is 0 Å². The largest absolute Gasteiger partial charge is 0.495 e. The van der Waals surface area contributed by atoms with Gasteiger partial charge in [0.2, 0.25) is 10.0 Å². The highest BCUT2D eigenvalue weighted by molar-refractivity contribution is 7.89. The van der Waals surface area contributed by atoms with Gasteiger partial charge in [-0.2, -0.15) is 4.31 Å². The van der Waals surface area contributed by atoms with Gasteiger partial charge in [-0.15, -0.1) is 0 Å². The average molecular weight is 437 g/mol. The number of nitrogens with one attached hydrogen (secondary N) is 1. The lowest BCUT2D eigenvalue weighted by Gasteiger charge is -2.19. The van der Waals surface area contributed by atoms with Crippen LogP contribution in [0.5, 0.6) is 17.2 Å². The van der Waals surface area contributed by atoms with Crippen LogP contribution in [0.15, 0.2) is 47.4 Å². The van der Waals surface area contributed by atoms with Crippen LogP contribution >= 0.6 is 0 Å². The van der Waals surface area contributed by atoms with Gasteiger partial charge in [-0.05, 0) is 37.3 Å². The fraction of sp³-hybridized carbons (Fsp3) is 0.381. The van der Waals surface area contributed by atoms with Gasteiger partial charge in [0, 0.05) is 13.1 Å². The average Bonchev–Trinajstić information content (AvgIpc) is 2.74. The van der Waals surface area contributed by atoms with E-state index >= 15 is 0 Å². The Labute approximate surface area is 177 Å². The molecule has 9 heteroatoms. The molecule has 1 amide bonds. The highest BCUT2D eigenvalue weighted by Crippen LogP contribution is 2.29. The predicted octanol–water partition coefficient (Wildman–Crippen LogP) is 3.14. The number of hydrogen-bond donors (Lipinski definition) is 1. The molecule has 0 saturated carbocycles. The minimum absolute atomic E-state index is 0.0740. The maximum Gasteiger partial charge on any atom is 0.262 e. The first-order chi connectivity index (χ1) is 14.4. The normalized spacial score (nSPS) is 11.2. The van der Waals surface area contributed by atoms with E-state index < -0.39 is 15.9 Å². The van der Waals surface area contributed by atoms with E-state index in [1.807, 2.05) is 13.0 Å². The number of benzene rings is 2. The molecule has 2 aromatic rings. The lowest BCUT2D eigenvalue weighted by atomic mass is 10.3. The Morgan fingerprint density at radius 3 is 2.17 bits per heavy atom. The van der Waals surface area contributed by atoms with Crippen molar-refractivity contribution in [3.8, 4) is 17.2 Å². The van der Waals surface area contributed by atoms with E-state index in [9.17, 15) is 13.2 Å². The Balaban J connectivity index is 2.18. The van der Waals surface area contributed by atoms with Crippen molar-refractivity contribution in [3.63, 3.8) is 0 Å². The van der Waals surface area contributed by atoms with Crippen molar-refractivity contribution in [2.75, 3.05) is 38.7 Å². The Morgan fingerprint density at radius 1 is 0.967 bits per heavy atom. The van der Waals surface area contributed by atoms with Crippen molar-refractivity contribution in [1.29, 1.82) is 0 Å². The molecule has 0 atom stereocenters. The fourth-order valence-corrected chi connectivity index (χ4v) is 4.32. The van der Waals surface area contributed by atoms with Gasteiger partial charge in [0.25, 0.3) is 5.91 Å². The molecule has 0 aromatic heterocycles. The number of rotatable bonds is 11. The summed E-state index contributed by atoms with van der Waals surface area (Å²) in [6.07, 6.45) is 0. The first-order valence-electron chi connectivity index (χ1n) is 9.69. The minimum atomic E-state index is -3.67. The van der Waals surface area contributed by atoms with E-state index in [2.05, 4.69) is 5.32 Å². The van der Waals surface area contributed by atoms with Crippen molar-refractivity contribution in [3.05, 3.63) is 42.5 Å². The number of carbonyl (C=O) groups is 1. The molecule has 1 N–H and O–H groups in total. The molecule has 2 aromatic carbocycles. The quantitative estimate of drug-likeness (QED) is 0.582. The van der Waals surface area contributed by atoms with Crippen LogP contribution in [0, 0.1) is 0 Å². The van der Waals surface area contributed by atoms with E-state index in [1.165, 1.54) is 29.6 Å². The van der Waals surface area contributed by atoms with Crippen LogP contribution < -0.4 is 19.5 Å². The zero-order valence-corrected chi connectivity index (χ0v) is 18.5. The zero-order valence-electron chi connectivity index (χ0n) is 17.7. The zero-order chi connectivity index (χ0) is 22.1. The summed E-state index contributed by atoms with van der Waals surface area (Å²) in [5.41, 5.74) is 0.248. The Hall–Kier alpha value is -2.78. The first-order valence-corrected chi connectivity index (χ1v) is 11.1. The standard InChI is InChI=1S/C21H28N2O6S/c1-5-23(6-2)30(25,26)16-12-13-18(27-4)17(14-16)22-21(24)15-29-20-11-9-8-10-19(20)28-7-3/h8-14H,5-7,15H2,1-4H3,(H,22,24). The third-order valence-electron chi connectivity index (χ3n) is 4.30. The van der Waals surface area contributed by atoms with Crippen LogP contribution in [0.4, 0.5) is 5.69 Å². The van der Waals surface area contributed by atoms with E-state index in [0.717, 1.165) is 0 Å². The first kappa shape index (κ1) is 23.5. The van der Waals surface area contributed by atoms with Crippen molar-refractivity contribution in [2.45, 2.75) is 25.7 Å². The molecule has 0 radical (unpaired) electrons. The second kappa shape index (κ2) is 10.8. The van der Waals surface area contributed by atoms with Gasteiger partial charge in [-0.1, -0.05) is 26.0 Å². The van der Waals surface area contributed by atoms with Gasteiger partial charge < -0.3 is 19.5 Å². The highest BCUT2D eigenvalue weighted by Gasteiger charge is 2.23. The molecule has 0 fully saturated rings. The number of carbonyl (C=O) groups excluding carboxylic acids is 1. The smallest absolute Gasteiger partial charge is 0.262 e. The Morgan fingerprint density at radius 2 is 1.60 bits per heavy atom. The van der Waals surface area contributed by atoms with Gasteiger partial charge in [0.05, 0.1) is 24.3 Å². The van der Waals surface area contributed by atoms with Crippen molar-refractivity contribution < 1.29 is 27.4 Å². The van der Waals surface area contributed by atoms with Crippen molar-refractivity contribution in [1.82, 2.24) is 4.31 Å². The van der Waals surface area contributed by atoms with Crippen LogP contribution in [0.2, 0.25) is 0 Å². The molecular weight excluding hydrogens is 408 g/mol. The summed E-state index contributed by atoms with van der Waals surface area (Å²) in [6, 6.07) is 11.4. The van der Waals surface area contributed by atoms with Crippen LogP contribution in [-0.2, 0) is 14.8 Å². The number of hydrogen-bond acceptors (Lipinski definition) is 6. The monoisotopic (exact) mass is 436 g/mol. The summed E-state index contributed by atoms with van der Waals surface area (Å²) < 4.78 is 43.2. The lowest BCUT2D eigenvalue weighted by molar-refractivity contribution is -0.118. The molecule has 0 aliphatic heterocycles. The molecular formula is C21H28N2O6S. The summed E-state index contributed by atoms with van der Waals surface area (Å²) in [6.45, 7) is 6.28. The second-order valence-electron chi connectivity index (χ2n) is 6.17. The van der Waals surface area contributed by atoms with Gasteiger partial charge in [0.1, 0.15) is 5.75 Å². The number of sulfonamides is 1. The molecule has 0 spiro atoms. The summed E-state index contributed by atoms with van der Waals surface area (Å²) in [4.78, 5) is 12.5. The molecule has 2 rings (SSSR count). The molecule has 0 aliphatic rings. The van der Waals surface area contributed by atoms with Crippen molar-refractivity contribution >= 4 is 21.6 Å². The summed E-state index contributed by atoms with van der Waals surface area (Å²) in [5.74, 6) is 0.866. The predicted molar refractivity (Wildman–Crippen MR) is 115 cm³/mol. The summed E-state index contributed by atoms with van der Waals surface area (Å²) in [5, 5.41) is 2.66. The summed E-state index contributed by atoms with van der Waals surface area (Å²) in [7, 11) is -2.23. The van der Waals surface area contributed by atoms with Gasteiger partial charge >= 0.3 is 0 Å². The molecule has 0 bridgehead atoms. The van der Waals surface area contributed by atoms with Crippen LogP contribution in [-0.4, -0.2) is 52.0 Å². The number of amides is 1. The highest BCUT2D eigenvalue weighted by atomic mass is 32.2. The topological polar surface area (TPSA) is 94.2 Å². The van der Waals surface area contributed by atoms with E-state index in [-0.39, 0.29) is 17.2 Å². The fourth-order valence-electron chi connectivity index (χ4n) is 2.83. The van der Waals surface area contributed by atoms with Gasteiger partial charge in [0.15, 0.2) is 18.1 Å². The van der Waals surface area contributed by atoms with E-state index in [4.69, 9.17) is 14.2 Å². The third-order valence-corrected chi connectivity index (χ3v) is 6.34. The molecule has 30 heavy (non-hydrogen) atoms. The Bertz CT molecular complexity index is 958. The number of methoxy groups -OCH3 is 1. The lowest BCUT2D eigenvalue weighted by Crippen LogP contribution is -2.30. The minimum Gasteiger partial charge on any atom is -0.495 e. The van der Waals surface area contributed by atoms with E-state index in [0.29, 0.717) is 36.9 Å². The SMILES string of the molecule is CCOc1ccccc1OCC(=O)Nc1cc(S(=O)(=O)N(CC)CC)ccc1OC. The van der Waals surface area contributed by atoms with Crippen LogP contribution in [0.25, 0.3) is 0 Å². The third kappa shape index (κ3) is 5.64. The van der Waals surface area contributed by atoms with Gasteiger partial charge in [-0.25, -0.2) is 8.42 Å². The molecule has 8 nitrogen and oxygen atoms in total. The molecule has 0 unspecified atom stereocenters. The second-order valence-corrected chi connectivity index (χ2v) is 8.11. The number of nitrogens with zero attached hydrogens (tertiary/aromatic N) is 1. The molecule has 0 saturated heterocycles. The summed E-state index contributed by atoms with van der Waals surface area (Å²) >= 11 is 0. The number of ether oxygens (including phenoxy) is 3. The Kier molecular flexibility index (Phi) is 8.49. The van der Waals surface area contributed by atoms with E-state index in [1.54, 1.807) is 32.0 Å².